The van der Waals surface area contributed by atoms with Gasteiger partial charge in [0.1, 0.15) is 10.8 Å². The molecule has 0 saturated heterocycles. The van der Waals surface area contributed by atoms with E-state index in [-0.39, 0.29) is 16.7 Å². The fraction of sp³-hybridized carbons (Fsp3) is 0.190. The molecule has 0 aliphatic rings. The van der Waals surface area contributed by atoms with E-state index in [1.165, 1.54) is 47.4 Å². The van der Waals surface area contributed by atoms with E-state index in [1.807, 2.05) is 18.2 Å². The molecule has 1 N–H and O–H groups in total. The number of nitrogens with one attached hydrogen (secondary N) is 1. The number of halogens is 1. The summed E-state index contributed by atoms with van der Waals surface area (Å²) in [4.78, 5) is 12.3. The minimum atomic E-state index is -0.376. The zero-order chi connectivity index (χ0) is 21.8. The van der Waals surface area contributed by atoms with Gasteiger partial charge in [-0.05, 0) is 43.7 Å². The van der Waals surface area contributed by atoms with Crippen LogP contribution < -0.4 is 5.32 Å². The Morgan fingerprint density at radius 1 is 1.10 bits per heavy atom. The van der Waals surface area contributed by atoms with E-state index in [9.17, 15) is 9.18 Å². The molecule has 0 radical (unpaired) electrons. The maximum Gasteiger partial charge on any atom is 0.286 e. The average molecular weight is 455 g/mol. The molecular formula is C21H19FN6OS2. The molecule has 0 aliphatic heterocycles. The lowest BCUT2D eigenvalue weighted by atomic mass is 10.1. The van der Waals surface area contributed by atoms with E-state index >= 15 is 0 Å². The van der Waals surface area contributed by atoms with Crippen molar-refractivity contribution in [2.24, 2.45) is 0 Å². The zero-order valence-electron chi connectivity index (χ0n) is 16.9. The monoisotopic (exact) mass is 454 g/mol. The van der Waals surface area contributed by atoms with Crippen LogP contribution in [0.5, 0.6) is 0 Å². The Balaban J connectivity index is 1.43. The summed E-state index contributed by atoms with van der Waals surface area (Å²) in [6.45, 7) is 4.84. The molecule has 1 amide bonds. The van der Waals surface area contributed by atoms with Gasteiger partial charge in [0.05, 0.1) is 5.75 Å². The van der Waals surface area contributed by atoms with E-state index in [0.29, 0.717) is 16.4 Å². The fourth-order valence-electron chi connectivity index (χ4n) is 2.95. The number of nitrogens with zero attached hydrogens (tertiary/aromatic N) is 5. The normalized spacial score (nSPS) is 10.9. The maximum atomic E-state index is 13.0. The fourth-order valence-corrected chi connectivity index (χ4v) is 4.67. The smallest absolute Gasteiger partial charge is 0.286 e. The molecular weight excluding hydrogens is 435 g/mol. The molecule has 158 valence electrons. The highest BCUT2D eigenvalue weighted by molar-refractivity contribution is 7.98. The number of hydrogen-bond donors (Lipinski definition) is 1. The Bertz CT molecular complexity index is 1200. The molecule has 2 aromatic carbocycles. The van der Waals surface area contributed by atoms with E-state index < -0.39 is 0 Å². The highest BCUT2D eigenvalue weighted by Gasteiger charge is 2.17. The van der Waals surface area contributed by atoms with Crippen LogP contribution in [0.2, 0.25) is 0 Å². The summed E-state index contributed by atoms with van der Waals surface area (Å²) >= 11 is 2.72. The third kappa shape index (κ3) is 4.80. The summed E-state index contributed by atoms with van der Waals surface area (Å²) < 4.78 is 15.1. The molecule has 4 aromatic rings. The van der Waals surface area contributed by atoms with Crippen molar-refractivity contribution in [1.82, 2.24) is 25.0 Å². The van der Waals surface area contributed by atoms with Crippen LogP contribution in [0.1, 0.15) is 27.3 Å². The minimum Gasteiger partial charge on any atom is -0.320 e. The summed E-state index contributed by atoms with van der Waals surface area (Å²) in [5.41, 5.74) is 2.69. The summed E-state index contributed by atoms with van der Waals surface area (Å²) in [5, 5.41) is 21.2. The molecule has 0 saturated carbocycles. The summed E-state index contributed by atoms with van der Waals surface area (Å²) in [7, 11) is 0. The van der Waals surface area contributed by atoms with Gasteiger partial charge in [0.25, 0.3) is 5.91 Å². The van der Waals surface area contributed by atoms with Crippen molar-refractivity contribution in [3.63, 3.8) is 0 Å². The van der Waals surface area contributed by atoms with Crippen LogP contribution in [-0.2, 0) is 12.3 Å². The van der Waals surface area contributed by atoms with Crippen LogP contribution in [0.15, 0.2) is 53.7 Å². The van der Waals surface area contributed by atoms with Gasteiger partial charge in [0.15, 0.2) is 11.0 Å². The van der Waals surface area contributed by atoms with Crippen LogP contribution in [0.3, 0.4) is 0 Å². The molecule has 0 aliphatic carbocycles. The Hall–Kier alpha value is -3.11. The molecule has 0 unspecified atom stereocenters. The van der Waals surface area contributed by atoms with Crippen molar-refractivity contribution >= 4 is 34.7 Å². The average Bonchev–Trinajstić information content (AvgIpc) is 3.41. The van der Waals surface area contributed by atoms with Gasteiger partial charge in [-0.1, -0.05) is 47.4 Å². The quantitative estimate of drug-likeness (QED) is 0.404. The number of carbonyl (C=O) groups is 1. The van der Waals surface area contributed by atoms with Gasteiger partial charge in [-0.15, -0.1) is 20.4 Å². The van der Waals surface area contributed by atoms with Crippen LogP contribution in [0.4, 0.5) is 10.1 Å². The van der Waals surface area contributed by atoms with Crippen LogP contribution in [0, 0.1) is 12.7 Å². The third-order valence-electron chi connectivity index (χ3n) is 4.51. The molecule has 0 bridgehead atoms. The molecule has 2 aromatic heterocycles. The Morgan fingerprint density at radius 2 is 1.87 bits per heavy atom. The number of rotatable bonds is 7. The molecule has 0 atom stereocenters. The van der Waals surface area contributed by atoms with Crippen molar-refractivity contribution in [2.45, 2.75) is 31.3 Å². The number of carbonyl (C=O) groups excluding carboxylic acids is 1. The molecule has 4 rings (SSSR count). The Kier molecular flexibility index (Phi) is 6.38. The third-order valence-corrected chi connectivity index (χ3v) is 6.59. The van der Waals surface area contributed by atoms with Gasteiger partial charge >= 0.3 is 0 Å². The topological polar surface area (TPSA) is 85.6 Å². The standard InChI is InChI=1S/C21H19FN6OS2/c1-3-28-18(16-7-5-4-6-13(16)2)25-27-21(28)30-12-17-24-26-20(31-17)19(29)23-15-10-8-14(22)9-11-15/h4-11H,3,12H2,1-2H3,(H,23,29). The first-order valence-corrected chi connectivity index (χ1v) is 11.4. The maximum absolute atomic E-state index is 13.0. The number of hydrogen-bond acceptors (Lipinski definition) is 7. The Labute approximate surface area is 186 Å². The molecule has 31 heavy (non-hydrogen) atoms. The molecule has 0 spiro atoms. The van der Waals surface area contributed by atoms with Crippen molar-refractivity contribution < 1.29 is 9.18 Å². The van der Waals surface area contributed by atoms with Gasteiger partial charge in [-0.3, -0.25) is 4.79 Å². The second-order valence-corrected chi connectivity index (χ2v) is 8.62. The highest BCUT2D eigenvalue weighted by atomic mass is 32.2. The van der Waals surface area contributed by atoms with E-state index in [4.69, 9.17) is 0 Å². The Morgan fingerprint density at radius 3 is 2.61 bits per heavy atom. The number of thioether (sulfide) groups is 1. The zero-order valence-corrected chi connectivity index (χ0v) is 18.5. The van der Waals surface area contributed by atoms with Gasteiger partial charge < -0.3 is 9.88 Å². The van der Waals surface area contributed by atoms with E-state index in [0.717, 1.165) is 28.7 Å². The first kappa shape index (κ1) is 21.1. The lowest BCUT2D eigenvalue weighted by Crippen LogP contribution is -2.11. The van der Waals surface area contributed by atoms with Crippen molar-refractivity contribution in [1.29, 1.82) is 0 Å². The van der Waals surface area contributed by atoms with Gasteiger partial charge in [-0.2, -0.15) is 0 Å². The molecule has 7 nitrogen and oxygen atoms in total. The van der Waals surface area contributed by atoms with E-state index in [2.05, 4.69) is 50.2 Å². The number of amides is 1. The van der Waals surface area contributed by atoms with Gasteiger partial charge in [0, 0.05) is 17.8 Å². The van der Waals surface area contributed by atoms with E-state index in [1.54, 1.807) is 0 Å². The summed E-state index contributed by atoms with van der Waals surface area (Å²) in [6.07, 6.45) is 0. The number of anilines is 1. The predicted molar refractivity (Wildman–Crippen MR) is 120 cm³/mol. The van der Waals surface area contributed by atoms with Gasteiger partial charge in [-0.25, -0.2) is 4.39 Å². The number of aromatic nitrogens is 5. The lowest BCUT2D eigenvalue weighted by molar-refractivity contribution is 0.102. The van der Waals surface area contributed by atoms with Crippen LogP contribution in [-0.4, -0.2) is 30.9 Å². The van der Waals surface area contributed by atoms with Crippen molar-refractivity contribution in [2.75, 3.05) is 5.32 Å². The van der Waals surface area contributed by atoms with Gasteiger partial charge in [0.2, 0.25) is 5.01 Å². The predicted octanol–water partition coefficient (Wildman–Crippen LogP) is 4.81. The number of aryl methyl sites for hydroxylation is 1. The van der Waals surface area contributed by atoms with Crippen LogP contribution >= 0.6 is 23.1 Å². The minimum absolute atomic E-state index is 0.248. The SMILES string of the molecule is CCn1c(SCc2nnc(C(=O)Nc3ccc(F)cc3)s2)nnc1-c1ccccc1C. The van der Waals surface area contributed by atoms with Crippen molar-refractivity contribution in [3.8, 4) is 11.4 Å². The molecule has 0 fully saturated rings. The summed E-state index contributed by atoms with van der Waals surface area (Å²) in [5.74, 6) is 0.616. The first-order chi connectivity index (χ1) is 15.0. The molecule has 10 heteroatoms. The first-order valence-electron chi connectivity index (χ1n) is 9.56. The molecule has 2 heterocycles. The largest absolute Gasteiger partial charge is 0.320 e. The summed E-state index contributed by atoms with van der Waals surface area (Å²) in [6, 6.07) is 13.6. The second kappa shape index (κ2) is 9.36. The highest BCUT2D eigenvalue weighted by Crippen LogP contribution is 2.28. The van der Waals surface area contributed by atoms with Crippen LogP contribution in [0.25, 0.3) is 11.4 Å². The second-order valence-electron chi connectivity index (χ2n) is 6.62. The van der Waals surface area contributed by atoms with Crippen molar-refractivity contribution in [3.05, 3.63) is 69.9 Å². The number of benzene rings is 2. The lowest BCUT2D eigenvalue weighted by Gasteiger charge is -2.08.